The third-order valence-electron chi connectivity index (χ3n) is 5.10. The first-order valence-electron chi connectivity index (χ1n) is 10.2. The summed E-state index contributed by atoms with van der Waals surface area (Å²) in [4.78, 5) is 20.6. The highest BCUT2D eigenvalue weighted by Crippen LogP contribution is 2.16. The predicted molar refractivity (Wildman–Crippen MR) is 122 cm³/mol. The molecular formula is C24H23N3O4S. The van der Waals surface area contributed by atoms with Crippen molar-refractivity contribution in [2.75, 3.05) is 26.3 Å². The van der Waals surface area contributed by atoms with Gasteiger partial charge in [0, 0.05) is 35.7 Å². The van der Waals surface area contributed by atoms with Gasteiger partial charge in [0.1, 0.15) is 5.69 Å². The summed E-state index contributed by atoms with van der Waals surface area (Å²) in [6, 6.07) is 15.3. The first kappa shape index (κ1) is 22.0. The molecule has 1 fully saturated rings. The number of ether oxygens (including phenoxy) is 1. The molecular weight excluding hydrogens is 426 g/mol. The summed E-state index contributed by atoms with van der Waals surface area (Å²) in [5, 5.41) is 9.75. The molecule has 3 aromatic rings. The van der Waals surface area contributed by atoms with Crippen LogP contribution in [0.15, 0.2) is 64.5 Å². The number of nitrogens with one attached hydrogen (secondary N) is 1. The van der Waals surface area contributed by atoms with Gasteiger partial charge in [0.05, 0.1) is 36.1 Å². The maximum Gasteiger partial charge on any atom is 0.293 e. The summed E-state index contributed by atoms with van der Waals surface area (Å²) in [7, 11) is -1.44. The number of hydrogen-bond donors (Lipinski definition) is 2. The molecule has 1 aliphatic heterocycles. The SMILES string of the molecule is O=c1[nH]cnc(CS(=O)c2ccc(C#Cc3ccc(CN4CCOCC4)cc3)cc2)c1O. The molecule has 0 saturated carbocycles. The Morgan fingerprint density at radius 1 is 1.03 bits per heavy atom. The van der Waals surface area contributed by atoms with Crippen LogP contribution in [-0.2, 0) is 27.8 Å². The Labute approximate surface area is 188 Å². The van der Waals surface area contributed by atoms with Gasteiger partial charge in [0.2, 0.25) is 5.75 Å². The molecule has 1 unspecified atom stereocenters. The van der Waals surface area contributed by atoms with E-state index in [1.807, 2.05) is 12.1 Å². The van der Waals surface area contributed by atoms with Gasteiger partial charge in [-0.2, -0.15) is 0 Å². The van der Waals surface area contributed by atoms with Gasteiger partial charge in [-0.15, -0.1) is 0 Å². The molecule has 2 N–H and O–H groups in total. The second kappa shape index (κ2) is 10.4. The van der Waals surface area contributed by atoms with E-state index in [1.54, 1.807) is 24.3 Å². The van der Waals surface area contributed by atoms with Crippen LogP contribution >= 0.6 is 0 Å². The highest BCUT2D eigenvalue weighted by atomic mass is 32.2. The van der Waals surface area contributed by atoms with Crippen LogP contribution in [0.5, 0.6) is 5.75 Å². The van der Waals surface area contributed by atoms with E-state index in [1.165, 1.54) is 11.9 Å². The van der Waals surface area contributed by atoms with Crippen LogP contribution in [0.2, 0.25) is 0 Å². The second-order valence-corrected chi connectivity index (χ2v) is 8.83. The van der Waals surface area contributed by atoms with Gasteiger partial charge in [0.25, 0.3) is 5.56 Å². The Balaban J connectivity index is 1.37. The van der Waals surface area contributed by atoms with Crippen molar-refractivity contribution in [1.29, 1.82) is 0 Å². The Hall–Kier alpha value is -3.25. The number of aromatic nitrogens is 2. The number of morpholine rings is 1. The first-order chi connectivity index (χ1) is 15.6. The molecule has 0 amide bonds. The third kappa shape index (κ3) is 5.71. The quantitative estimate of drug-likeness (QED) is 0.579. The van der Waals surface area contributed by atoms with Crippen LogP contribution in [0.25, 0.3) is 0 Å². The molecule has 32 heavy (non-hydrogen) atoms. The highest BCUT2D eigenvalue weighted by molar-refractivity contribution is 7.84. The summed E-state index contributed by atoms with van der Waals surface area (Å²) >= 11 is 0. The van der Waals surface area contributed by atoms with Crippen LogP contribution in [0.1, 0.15) is 22.4 Å². The van der Waals surface area contributed by atoms with Crippen molar-refractivity contribution >= 4 is 10.8 Å². The molecule has 0 radical (unpaired) electrons. The topological polar surface area (TPSA) is 95.5 Å². The largest absolute Gasteiger partial charge is 0.502 e. The van der Waals surface area contributed by atoms with Gasteiger partial charge in [-0.25, -0.2) is 4.98 Å². The van der Waals surface area contributed by atoms with Crippen LogP contribution in [-0.4, -0.2) is 50.5 Å². The molecule has 1 aromatic heterocycles. The van der Waals surface area contributed by atoms with Gasteiger partial charge in [0.15, 0.2) is 0 Å². The van der Waals surface area contributed by atoms with E-state index in [-0.39, 0.29) is 11.4 Å². The van der Waals surface area contributed by atoms with Crippen LogP contribution in [0.3, 0.4) is 0 Å². The zero-order chi connectivity index (χ0) is 22.3. The highest BCUT2D eigenvalue weighted by Gasteiger charge is 2.12. The molecule has 2 heterocycles. The minimum atomic E-state index is -1.44. The molecule has 4 rings (SSSR count). The number of aromatic amines is 1. The minimum absolute atomic E-state index is 0.0441. The minimum Gasteiger partial charge on any atom is -0.502 e. The molecule has 164 valence electrons. The van der Waals surface area contributed by atoms with Crippen LogP contribution in [0, 0.1) is 11.8 Å². The van der Waals surface area contributed by atoms with Crippen molar-refractivity contribution in [2.45, 2.75) is 17.2 Å². The van der Waals surface area contributed by atoms with Crippen molar-refractivity contribution in [2.24, 2.45) is 0 Å². The van der Waals surface area contributed by atoms with Gasteiger partial charge in [-0.1, -0.05) is 24.0 Å². The van der Waals surface area contributed by atoms with E-state index in [2.05, 4.69) is 38.8 Å². The number of aromatic hydroxyl groups is 1. The number of benzene rings is 2. The summed E-state index contributed by atoms with van der Waals surface area (Å²) in [5.74, 6) is 5.73. The molecule has 0 bridgehead atoms. The maximum atomic E-state index is 12.5. The normalized spacial score (nSPS) is 15.0. The molecule has 1 aliphatic rings. The van der Waals surface area contributed by atoms with Crippen LogP contribution < -0.4 is 5.56 Å². The molecule has 0 aliphatic carbocycles. The second-order valence-electron chi connectivity index (χ2n) is 7.38. The average Bonchev–Trinajstić information content (AvgIpc) is 2.82. The Morgan fingerprint density at radius 3 is 2.31 bits per heavy atom. The molecule has 8 heteroatoms. The van der Waals surface area contributed by atoms with Crippen molar-refractivity contribution in [3.05, 3.63) is 87.6 Å². The summed E-state index contributed by atoms with van der Waals surface area (Å²) < 4.78 is 17.9. The maximum absolute atomic E-state index is 12.5. The van der Waals surface area contributed by atoms with Crippen molar-refractivity contribution in [3.63, 3.8) is 0 Å². The van der Waals surface area contributed by atoms with E-state index >= 15 is 0 Å². The fourth-order valence-electron chi connectivity index (χ4n) is 3.29. The van der Waals surface area contributed by atoms with E-state index < -0.39 is 22.1 Å². The molecule has 7 nitrogen and oxygen atoms in total. The molecule has 0 spiro atoms. The average molecular weight is 450 g/mol. The number of H-pyrrole nitrogens is 1. The number of nitrogens with zero attached hydrogens (tertiary/aromatic N) is 2. The molecule has 2 aromatic carbocycles. The van der Waals surface area contributed by atoms with E-state index in [9.17, 15) is 14.1 Å². The standard InChI is InChI=1S/C24H23N3O4S/c28-23-22(25-17-26-24(23)29)16-32(30)21-9-7-19(8-10-21)2-1-18-3-5-20(6-4-18)15-27-11-13-31-14-12-27/h3-10,17,28H,11-16H2,(H,25,26,29). The van der Waals surface area contributed by atoms with E-state index in [4.69, 9.17) is 4.74 Å². The summed E-state index contributed by atoms with van der Waals surface area (Å²) in [6.07, 6.45) is 1.18. The summed E-state index contributed by atoms with van der Waals surface area (Å²) in [6.45, 7) is 4.43. The summed E-state index contributed by atoms with van der Waals surface area (Å²) in [5.41, 5.74) is 2.45. The fraction of sp³-hybridized carbons (Fsp3) is 0.250. The lowest BCUT2D eigenvalue weighted by molar-refractivity contribution is 0.0342. The third-order valence-corrected chi connectivity index (χ3v) is 6.44. The van der Waals surface area contributed by atoms with Gasteiger partial charge in [-0.05, 0) is 42.0 Å². The molecule has 1 saturated heterocycles. The van der Waals surface area contributed by atoms with E-state index in [0.29, 0.717) is 4.90 Å². The van der Waals surface area contributed by atoms with Gasteiger partial charge in [-0.3, -0.25) is 13.9 Å². The van der Waals surface area contributed by atoms with Crippen LogP contribution in [0.4, 0.5) is 0 Å². The van der Waals surface area contributed by atoms with Gasteiger partial charge >= 0.3 is 0 Å². The smallest absolute Gasteiger partial charge is 0.293 e. The lowest BCUT2D eigenvalue weighted by atomic mass is 10.1. The monoisotopic (exact) mass is 449 g/mol. The van der Waals surface area contributed by atoms with Crippen molar-refractivity contribution in [3.8, 4) is 17.6 Å². The zero-order valence-electron chi connectivity index (χ0n) is 17.4. The Morgan fingerprint density at radius 2 is 1.66 bits per heavy atom. The van der Waals surface area contributed by atoms with Crippen molar-refractivity contribution < 1.29 is 14.1 Å². The van der Waals surface area contributed by atoms with Crippen molar-refractivity contribution in [1.82, 2.24) is 14.9 Å². The number of hydrogen-bond acceptors (Lipinski definition) is 6. The fourth-order valence-corrected chi connectivity index (χ4v) is 4.35. The lowest BCUT2D eigenvalue weighted by Crippen LogP contribution is -2.35. The first-order valence-corrected chi connectivity index (χ1v) is 11.6. The predicted octanol–water partition coefficient (Wildman–Crippen LogP) is 2.02. The Bertz CT molecular complexity index is 1200. The lowest BCUT2D eigenvalue weighted by Gasteiger charge is -2.26. The van der Waals surface area contributed by atoms with Gasteiger partial charge < -0.3 is 14.8 Å². The number of rotatable bonds is 5. The molecule has 1 atom stereocenters. The Kier molecular flexibility index (Phi) is 7.12. The zero-order valence-corrected chi connectivity index (χ0v) is 18.2. The van der Waals surface area contributed by atoms with E-state index in [0.717, 1.165) is 44.0 Å².